The van der Waals surface area contributed by atoms with Crippen molar-refractivity contribution in [2.45, 2.75) is 32.4 Å². The average molecular weight is 342 g/mol. The van der Waals surface area contributed by atoms with E-state index in [0.717, 1.165) is 42.5 Å². The van der Waals surface area contributed by atoms with Crippen LogP contribution >= 0.6 is 15.9 Å². The lowest BCUT2D eigenvalue weighted by Gasteiger charge is -2.31. The van der Waals surface area contributed by atoms with Crippen molar-refractivity contribution in [2.24, 2.45) is 0 Å². The lowest BCUT2D eigenvalue weighted by Crippen LogP contribution is -2.42. The zero-order valence-corrected chi connectivity index (χ0v) is 13.2. The Morgan fingerprint density at radius 1 is 1.45 bits per heavy atom. The molecule has 5 nitrogen and oxygen atoms in total. The highest BCUT2D eigenvalue weighted by Gasteiger charge is 2.19. The van der Waals surface area contributed by atoms with Crippen molar-refractivity contribution in [1.82, 2.24) is 10.2 Å². The van der Waals surface area contributed by atoms with Gasteiger partial charge in [0.1, 0.15) is 0 Å². The highest BCUT2D eigenvalue weighted by atomic mass is 79.9. The van der Waals surface area contributed by atoms with Gasteiger partial charge in [-0.15, -0.1) is 0 Å². The van der Waals surface area contributed by atoms with Crippen LogP contribution in [-0.2, 0) is 6.54 Å². The monoisotopic (exact) mass is 341 g/mol. The van der Waals surface area contributed by atoms with E-state index in [4.69, 9.17) is 0 Å². The van der Waals surface area contributed by atoms with Crippen LogP contribution in [0.25, 0.3) is 0 Å². The highest BCUT2D eigenvalue weighted by molar-refractivity contribution is 9.10. The number of nitrogens with zero attached hydrogens (tertiary/aromatic N) is 2. The van der Waals surface area contributed by atoms with Gasteiger partial charge in [0, 0.05) is 28.7 Å². The molecule has 20 heavy (non-hydrogen) atoms. The van der Waals surface area contributed by atoms with Crippen LogP contribution in [0.5, 0.6) is 0 Å². The molecule has 0 radical (unpaired) electrons. The van der Waals surface area contributed by atoms with Crippen LogP contribution in [0.3, 0.4) is 0 Å². The second kappa shape index (κ2) is 7.15. The number of benzene rings is 1. The molecule has 0 atom stereocenters. The summed E-state index contributed by atoms with van der Waals surface area (Å²) in [4.78, 5) is 13.2. The van der Waals surface area contributed by atoms with Gasteiger partial charge in [-0.1, -0.05) is 22.9 Å². The van der Waals surface area contributed by atoms with Crippen molar-refractivity contribution in [3.8, 4) is 0 Å². The normalized spacial score (nSPS) is 17.3. The summed E-state index contributed by atoms with van der Waals surface area (Å²) < 4.78 is 0.740. The van der Waals surface area contributed by atoms with Gasteiger partial charge in [0.15, 0.2) is 0 Å². The second-order valence-corrected chi connectivity index (χ2v) is 6.04. The van der Waals surface area contributed by atoms with Crippen LogP contribution in [0.4, 0.5) is 5.69 Å². The Bertz CT molecular complexity index is 473. The van der Waals surface area contributed by atoms with E-state index in [1.165, 1.54) is 0 Å². The molecule has 110 valence electrons. The van der Waals surface area contributed by atoms with Gasteiger partial charge < -0.3 is 10.2 Å². The topological polar surface area (TPSA) is 58.4 Å². The molecule has 1 aromatic rings. The van der Waals surface area contributed by atoms with E-state index >= 15 is 0 Å². The molecule has 6 heteroatoms. The zero-order valence-electron chi connectivity index (χ0n) is 11.6. The van der Waals surface area contributed by atoms with Gasteiger partial charge in [0.2, 0.25) is 0 Å². The Balaban J connectivity index is 1.93. The van der Waals surface area contributed by atoms with Gasteiger partial charge in [0.25, 0.3) is 5.69 Å². The van der Waals surface area contributed by atoms with E-state index in [1.54, 1.807) is 6.07 Å². The first-order valence-electron chi connectivity index (χ1n) is 6.98. The predicted molar refractivity (Wildman–Crippen MR) is 82.8 cm³/mol. The minimum absolute atomic E-state index is 0.179. The minimum Gasteiger partial charge on any atom is -0.310 e. The molecule has 0 aliphatic carbocycles. The summed E-state index contributed by atoms with van der Waals surface area (Å²) in [6.07, 6.45) is 2.22. The summed E-state index contributed by atoms with van der Waals surface area (Å²) in [6, 6.07) is 5.69. The molecule has 1 aromatic carbocycles. The number of hydrogen-bond donors (Lipinski definition) is 1. The molecule has 1 N–H and O–H groups in total. The molecule has 0 spiro atoms. The number of rotatable bonds is 5. The lowest BCUT2D eigenvalue weighted by molar-refractivity contribution is -0.385. The van der Waals surface area contributed by atoms with E-state index in [-0.39, 0.29) is 10.6 Å². The lowest BCUT2D eigenvalue weighted by atomic mass is 10.0. The molecule has 1 fully saturated rings. The van der Waals surface area contributed by atoms with E-state index in [2.05, 4.69) is 33.1 Å². The molecule has 1 saturated heterocycles. The Morgan fingerprint density at radius 3 is 2.75 bits per heavy atom. The summed E-state index contributed by atoms with van der Waals surface area (Å²) in [5.41, 5.74) is 0.925. The first kappa shape index (κ1) is 15.4. The Labute approximate surface area is 127 Å². The number of hydrogen-bond acceptors (Lipinski definition) is 4. The second-order valence-electron chi connectivity index (χ2n) is 5.12. The van der Waals surface area contributed by atoms with Crippen LogP contribution in [0.1, 0.15) is 25.3 Å². The van der Waals surface area contributed by atoms with Crippen molar-refractivity contribution in [2.75, 3.05) is 19.6 Å². The van der Waals surface area contributed by atoms with Gasteiger partial charge in [0.05, 0.1) is 4.92 Å². The molecular weight excluding hydrogens is 322 g/mol. The molecular formula is C14H20BrN3O2. The fourth-order valence-corrected chi connectivity index (χ4v) is 2.91. The molecule has 0 aromatic heterocycles. The van der Waals surface area contributed by atoms with E-state index in [1.807, 2.05) is 12.1 Å². The maximum Gasteiger partial charge on any atom is 0.275 e. The molecule has 2 rings (SSSR count). The summed E-state index contributed by atoms with van der Waals surface area (Å²) in [7, 11) is 0. The number of nitro benzene ring substituents is 1. The van der Waals surface area contributed by atoms with Crippen molar-refractivity contribution in [1.29, 1.82) is 0 Å². The fraction of sp³-hybridized carbons (Fsp3) is 0.571. The van der Waals surface area contributed by atoms with Crippen LogP contribution in [-0.4, -0.2) is 35.5 Å². The van der Waals surface area contributed by atoms with Crippen LogP contribution < -0.4 is 5.32 Å². The van der Waals surface area contributed by atoms with Gasteiger partial charge in [-0.05, 0) is 44.6 Å². The molecule has 0 saturated carbocycles. The van der Waals surface area contributed by atoms with Gasteiger partial charge >= 0.3 is 0 Å². The molecule has 1 aliphatic rings. The SMILES string of the molecule is CCN1CCC(NCc2ccc(Br)cc2[N+](=O)[O-])CC1. The van der Waals surface area contributed by atoms with Gasteiger partial charge in [-0.3, -0.25) is 10.1 Å². The summed E-state index contributed by atoms with van der Waals surface area (Å²) in [6.45, 7) is 6.05. The molecule has 0 amide bonds. The first-order valence-corrected chi connectivity index (χ1v) is 7.78. The Hall–Kier alpha value is -0.980. The van der Waals surface area contributed by atoms with Crippen LogP contribution in [0.15, 0.2) is 22.7 Å². The van der Waals surface area contributed by atoms with Crippen molar-refractivity contribution in [3.63, 3.8) is 0 Å². The number of nitrogens with one attached hydrogen (secondary N) is 1. The maximum atomic E-state index is 11.1. The maximum absolute atomic E-state index is 11.1. The highest BCUT2D eigenvalue weighted by Crippen LogP contribution is 2.23. The van der Waals surface area contributed by atoms with E-state index in [0.29, 0.717) is 12.6 Å². The Morgan fingerprint density at radius 2 is 2.15 bits per heavy atom. The third-order valence-electron chi connectivity index (χ3n) is 3.86. The third kappa shape index (κ3) is 4.01. The molecule has 1 heterocycles. The largest absolute Gasteiger partial charge is 0.310 e. The van der Waals surface area contributed by atoms with Crippen molar-refractivity contribution in [3.05, 3.63) is 38.3 Å². The molecule has 0 bridgehead atoms. The summed E-state index contributed by atoms with van der Waals surface area (Å²) in [5.74, 6) is 0. The van der Waals surface area contributed by atoms with Crippen molar-refractivity contribution < 1.29 is 4.92 Å². The van der Waals surface area contributed by atoms with Crippen LogP contribution in [0, 0.1) is 10.1 Å². The summed E-state index contributed by atoms with van der Waals surface area (Å²) >= 11 is 3.28. The number of likely N-dealkylation sites (tertiary alicyclic amines) is 1. The number of nitro groups is 1. The summed E-state index contributed by atoms with van der Waals surface area (Å²) in [5, 5.41) is 14.5. The van der Waals surface area contributed by atoms with E-state index < -0.39 is 0 Å². The minimum atomic E-state index is -0.318. The fourth-order valence-electron chi connectivity index (χ4n) is 2.56. The van der Waals surface area contributed by atoms with Crippen LogP contribution in [0.2, 0.25) is 0 Å². The van der Waals surface area contributed by atoms with Gasteiger partial charge in [-0.25, -0.2) is 0 Å². The smallest absolute Gasteiger partial charge is 0.275 e. The third-order valence-corrected chi connectivity index (χ3v) is 4.35. The number of halogens is 1. The molecule has 0 unspecified atom stereocenters. The quantitative estimate of drug-likeness (QED) is 0.660. The standard InChI is InChI=1S/C14H20BrN3O2/c1-2-17-7-5-13(6-8-17)16-10-11-3-4-12(15)9-14(11)18(19)20/h3-4,9,13,16H,2,5-8,10H2,1H3. The Kier molecular flexibility index (Phi) is 5.51. The number of piperidine rings is 1. The first-order chi connectivity index (χ1) is 9.60. The predicted octanol–water partition coefficient (Wildman–Crippen LogP) is 2.93. The van der Waals surface area contributed by atoms with Gasteiger partial charge in [-0.2, -0.15) is 0 Å². The molecule has 1 aliphatic heterocycles. The zero-order chi connectivity index (χ0) is 14.5. The van der Waals surface area contributed by atoms with Crippen molar-refractivity contribution >= 4 is 21.6 Å². The average Bonchev–Trinajstić information content (AvgIpc) is 2.46. The van der Waals surface area contributed by atoms with E-state index in [9.17, 15) is 10.1 Å².